The van der Waals surface area contributed by atoms with Crippen LogP contribution in [0, 0.1) is 0 Å². The second kappa shape index (κ2) is 3.96. The van der Waals surface area contributed by atoms with Gasteiger partial charge in [-0.2, -0.15) is 0 Å². The number of nitrogens with one attached hydrogen (secondary N) is 1. The standard InChI is InChI=1S/C9H15N3O2/c1-2-12-5-3-4-7(6-12)8-10-9(13)14-11-8/h7H,2-6H2,1H3,(H,10,11,13). The molecule has 1 aromatic rings. The molecular formula is C9H15N3O2. The molecule has 1 fully saturated rings. The lowest BCUT2D eigenvalue weighted by Crippen LogP contribution is -2.34. The Hall–Kier alpha value is -1.10. The number of likely N-dealkylation sites (tertiary alicyclic amines) is 1. The minimum atomic E-state index is -0.450. The zero-order valence-electron chi connectivity index (χ0n) is 8.32. The van der Waals surface area contributed by atoms with Gasteiger partial charge in [-0.3, -0.25) is 9.51 Å². The zero-order valence-corrected chi connectivity index (χ0v) is 8.32. The summed E-state index contributed by atoms with van der Waals surface area (Å²) < 4.78 is 4.51. The third-order valence-electron chi connectivity index (χ3n) is 2.80. The first-order valence-electron chi connectivity index (χ1n) is 5.08. The fourth-order valence-electron chi connectivity index (χ4n) is 1.98. The van der Waals surface area contributed by atoms with Gasteiger partial charge in [0, 0.05) is 12.5 Å². The van der Waals surface area contributed by atoms with Gasteiger partial charge in [0.05, 0.1) is 0 Å². The Morgan fingerprint density at radius 3 is 3.21 bits per heavy atom. The molecule has 1 aliphatic rings. The van der Waals surface area contributed by atoms with Crippen molar-refractivity contribution in [1.29, 1.82) is 0 Å². The first-order chi connectivity index (χ1) is 6.79. The van der Waals surface area contributed by atoms with Crippen molar-refractivity contribution in [3.63, 3.8) is 0 Å². The van der Waals surface area contributed by atoms with E-state index in [1.807, 2.05) is 0 Å². The van der Waals surface area contributed by atoms with Crippen molar-refractivity contribution in [1.82, 2.24) is 15.0 Å². The largest absolute Gasteiger partial charge is 0.438 e. The van der Waals surface area contributed by atoms with E-state index in [2.05, 4.69) is 26.5 Å². The highest BCUT2D eigenvalue weighted by molar-refractivity contribution is 4.95. The quantitative estimate of drug-likeness (QED) is 0.752. The lowest BCUT2D eigenvalue weighted by Gasteiger charge is -2.30. The Morgan fingerprint density at radius 2 is 2.57 bits per heavy atom. The van der Waals surface area contributed by atoms with E-state index < -0.39 is 5.76 Å². The van der Waals surface area contributed by atoms with Gasteiger partial charge in [-0.05, 0) is 25.9 Å². The van der Waals surface area contributed by atoms with E-state index in [9.17, 15) is 4.79 Å². The highest BCUT2D eigenvalue weighted by Gasteiger charge is 2.23. The average molecular weight is 197 g/mol. The SMILES string of the molecule is CCN1CCCC(c2noc(=O)[nH]2)C1. The van der Waals surface area contributed by atoms with E-state index >= 15 is 0 Å². The van der Waals surface area contributed by atoms with Gasteiger partial charge in [0.2, 0.25) is 0 Å². The van der Waals surface area contributed by atoms with Crippen LogP contribution < -0.4 is 5.76 Å². The van der Waals surface area contributed by atoms with Crippen molar-refractivity contribution in [2.45, 2.75) is 25.7 Å². The summed E-state index contributed by atoms with van der Waals surface area (Å²) in [5.74, 6) is 0.580. The molecule has 2 heterocycles. The van der Waals surface area contributed by atoms with Gasteiger partial charge in [-0.1, -0.05) is 12.1 Å². The van der Waals surface area contributed by atoms with Gasteiger partial charge in [-0.15, -0.1) is 0 Å². The predicted octanol–water partition coefficient (Wildman–Crippen LogP) is 0.562. The molecule has 0 radical (unpaired) electrons. The fourth-order valence-corrected chi connectivity index (χ4v) is 1.98. The van der Waals surface area contributed by atoms with Gasteiger partial charge in [0.25, 0.3) is 0 Å². The monoisotopic (exact) mass is 197 g/mol. The summed E-state index contributed by atoms with van der Waals surface area (Å²) in [6.07, 6.45) is 2.24. The van der Waals surface area contributed by atoms with Crippen LogP contribution >= 0.6 is 0 Å². The van der Waals surface area contributed by atoms with E-state index in [1.54, 1.807) is 0 Å². The second-order valence-corrected chi connectivity index (χ2v) is 3.71. The first kappa shape index (κ1) is 9.45. The number of hydrogen-bond acceptors (Lipinski definition) is 4. The van der Waals surface area contributed by atoms with E-state index in [-0.39, 0.29) is 0 Å². The molecule has 1 atom stereocenters. The summed E-state index contributed by atoms with van der Waals surface area (Å²) in [6, 6.07) is 0. The molecule has 0 amide bonds. The molecule has 14 heavy (non-hydrogen) atoms. The van der Waals surface area contributed by atoms with Crippen LogP contribution in [0.25, 0.3) is 0 Å². The third-order valence-corrected chi connectivity index (χ3v) is 2.80. The summed E-state index contributed by atoms with van der Waals surface area (Å²) in [7, 11) is 0. The number of rotatable bonds is 2. The van der Waals surface area contributed by atoms with E-state index in [1.165, 1.54) is 0 Å². The summed E-state index contributed by atoms with van der Waals surface area (Å²) >= 11 is 0. The highest BCUT2D eigenvalue weighted by Crippen LogP contribution is 2.23. The molecule has 78 valence electrons. The molecule has 0 saturated carbocycles. The van der Waals surface area contributed by atoms with Crippen LogP contribution in [0.3, 0.4) is 0 Å². The van der Waals surface area contributed by atoms with Crippen molar-refractivity contribution in [3.8, 4) is 0 Å². The number of aromatic nitrogens is 2. The summed E-state index contributed by atoms with van der Waals surface area (Å²) in [5, 5.41) is 3.74. The summed E-state index contributed by atoms with van der Waals surface area (Å²) in [4.78, 5) is 15.8. The molecule has 0 spiro atoms. The van der Waals surface area contributed by atoms with Crippen molar-refractivity contribution in [2.24, 2.45) is 0 Å². The summed E-state index contributed by atoms with van der Waals surface area (Å²) in [5.41, 5.74) is 0. The molecule has 0 aromatic carbocycles. The predicted molar refractivity (Wildman–Crippen MR) is 51.2 cm³/mol. The Bertz CT molecular complexity index is 344. The lowest BCUT2D eigenvalue weighted by atomic mass is 9.97. The van der Waals surface area contributed by atoms with Crippen molar-refractivity contribution >= 4 is 0 Å². The number of nitrogens with zero attached hydrogens (tertiary/aromatic N) is 2. The Morgan fingerprint density at radius 1 is 1.71 bits per heavy atom. The minimum Gasteiger partial charge on any atom is -0.303 e. The van der Waals surface area contributed by atoms with E-state index in [4.69, 9.17) is 0 Å². The van der Waals surface area contributed by atoms with Gasteiger partial charge >= 0.3 is 5.76 Å². The van der Waals surface area contributed by atoms with Crippen molar-refractivity contribution < 1.29 is 4.52 Å². The molecule has 1 N–H and O–H groups in total. The van der Waals surface area contributed by atoms with Crippen LogP contribution in [0.1, 0.15) is 31.5 Å². The van der Waals surface area contributed by atoms with Gasteiger partial charge in [0.15, 0.2) is 5.82 Å². The molecule has 5 heteroatoms. The minimum absolute atomic E-state index is 0.329. The van der Waals surface area contributed by atoms with Crippen LogP contribution in [0.4, 0.5) is 0 Å². The zero-order chi connectivity index (χ0) is 9.97. The number of likely N-dealkylation sites (N-methyl/N-ethyl adjacent to an activating group) is 1. The van der Waals surface area contributed by atoms with Crippen LogP contribution in [0.5, 0.6) is 0 Å². The van der Waals surface area contributed by atoms with E-state index in [0.29, 0.717) is 11.7 Å². The van der Waals surface area contributed by atoms with Crippen LogP contribution in [-0.2, 0) is 0 Å². The Kier molecular flexibility index (Phi) is 2.67. The van der Waals surface area contributed by atoms with Crippen LogP contribution in [0.15, 0.2) is 9.32 Å². The number of H-pyrrole nitrogens is 1. The highest BCUT2D eigenvalue weighted by atomic mass is 16.5. The normalized spacial score (nSPS) is 23.9. The van der Waals surface area contributed by atoms with Gasteiger partial charge in [-0.25, -0.2) is 4.79 Å². The molecule has 0 bridgehead atoms. The maximum atomic E-state index is 10.8. The maximum Gasteiger partial charge on any atom is 0.438 e. The molecule has 2 rings (SSSR count). The summed E-state index contributed by atoms with van der Waals surface area (Å²) in [6.45, 7) is 5.32. The molecule has 1 saturated heterocycles. The van der Waals surface area contributed by atoms with Crippen molar-refractivity contribution in [3.05, 3.63) is 16.4 Å². The third kappa shape index (κ3) is 1.87. The first-order valence-corrected chi connectivity index (χ1v) is 5.08. The van der Waals surface area contributed by atoms with Crippen molar-refractivity contribution in [2.75, 3.05) is 19.6 Å². The van der Waals surface area contributed by atoms with Gasteiger partial charge < -0.3 is 4.90 Å². The molecule has 1 aromatic heterocycles. The number of piperidine rings is 1. The topological polar surface area (TPSA) is 62.1 Å². The Balaban J connectivity index is 2.07. The second-order valence-electron chi connectivity index (χ2n) is 3.71. The number of hydrogen-bond donors (Lipinski definition) is 1. The van der Waals surface area contributed by atoms with Crippen LogP contribution in [-0.4, -0.2) is 34.7 Å². The molecular weight excluding hydrogens is 182 g/mol. The molecule has 5 nitrogen and oxygen atoms in total. The van der Waals surface area contributed by atoms with E-state index in [0.717, 1.165) is 32.5 Å². The fraction of sp³-hybridized carbons (Fsp3) is 0.778. The molecule has 0 aliphatic carbocycles. The molecule has 1 aliphatic heterocycles. The number of aromatic amines is 1. The van der Waals surface area contributed by atoms with Crippen LogP contribution in [0.2, 0.25) is 0 Å². The maximum absolute atomic E-state index is 10.8. The Labute approximate surface area is 82.1 Å². The average Bonchev–Trinajstić information content (AvgIpc) is 2.65. The molecule has 1 unspecified atom stereocenters. The smallest absolute Gasteiger partial charge is 0.303 e. The van der Waals surface area contributed by atoms with Gasteiger partial charge in [0.1, 0.15) is 0 Å². The lowest BCUT2D eigenvalue weighted by molar-refractivity contribution is 0.211.